The summed E-state index contributed by atoms with van der Waals surface area (Å²) >= 11 is 0. The summed E-state index contributed by atoms with van der Waals surface area (Å²) in [5.74, 6) is 0. The molecule has 0 bridgehead atoms. The van der Waals surface area contributed by atoms with Crippen LogP contribution >= 0.6 is 0 Å². The van der Waals surface area contributed by atoms with Crippen LogP contribution in [0.1, 0.15) is 46.0 Å². The predicted molar refractivity (Wildman–Crippen MR) is 67.3 cm³/mol. The fourth-order valence-corrected chi connectivity index (χ4v) is 2.26. The summed E-state index contributed by atoms with van der Waals surface area (Å²) in [5, 5.41) is 0. The first-order valence-electron chi connectivity index (χ1n) is 6.66. The number of piperidine rings is 1. The number of rotatable bonds is 6. The fraction of sp³-hybridized carbons (Fsp3) is 1.00. The minimum absolute atomic E-state index is 0.742. The summed E-state index contributed by atoms with van der Waals surface area (Å²) in [7, 11) is 2.25. The van der Waals surface area contributed by atoms with Gasteiger partial charge in [-0.05, 0) is 65.8 Å². The Labute approximate surface area is 95.6 Å². The second-order valence-corrected chi connectivity index (χ2v) is 4.99. The van der Waals surface area contributed by atoms with Crippen LogP contribution in [-0.4, -0.2) is 49.1 Å². The molecule has 1 aliphatic heterocycles. The molecule has 15 heavy (non-hydrogen) atoms. The molecule has 90 valence electrons. The molecule has 2 heteroatoms. The first kappa shape index (κ1) is 13.0. The Bertz CT molecular complexity index is 151. The van der Waals surface area contributed by atoms with Crippen molar-refractivity contribution in [3.63, 3.8) is 0 Å². The molecule has 0 spiro atoms. The van der Waals surface area contributed by atoms with E-state index in [2.05, 4.69) is 30.7 Å². The van der Waals surface area contributed by atoms with Crippen LogP contribution < -0.4 is 0 Å². The van der Waals surface area contributed by atoms with Crippen LogP contribution in [0.15, 0.2) is 0 Å². The largest absolute Gasteiger partial charge is 0.304 e. The van der Waals surface area contributed by atoms with Gasteiger partial charge >= 0.3 is 0 Å². The zero-order valence-electron chi connectivity index (χ0n) is 10.8. The summed E-state index contributed by atoms with van der Waals surface area (Å²) in [4.78, 5) is 5.12. The fourth-order valence-electron chi connectivity index (χ4n) is 2.26. The third-order valence-corrected chi connectivity index (χ3v) is 3.78. The molecular weight excluding hydrogens is 184 g/mol. The van der Waals surface area contributed by atoms with Crippen LogP contribution in [-0.2, 0) is 0 Å². The molecular formula is C13H28N2. The van der Waals surface area contributed by atoms with Gasteiger partial charge in [0, 0.05) is 6.04 Å². The predicted octanol–water partition coefficient (Wildman–Crippen LogP) is 2.59. The Kier molecular flexibility index (Phi) is 6.26. The zero-order valence-corrected chi connectivity index (χ0v) is 10.8. The van der Waals surface area contributed by atoms with Gasteiger partial charge in [0.2, 0.25) is 0 Å². The van der Waals surface area contributed by atoms with Crippen molar-refractivity contribution in [3.05, 3.63) is 0 Å². The Hall–Kier alpha value is -0.0800. The Morgan fingerprint density at radius 2 is 1.87 bits per heavy atom. The standard InChI is InChI=1S/C13H28N2/c1-4-13(2)14(3)9-8-12-15-10-6-5-7-11-15/h13H,4-12H2,1-3H3. The van der Waals surface area contributed by atoms with E-state index in [1.165, 1.54) is 58.3 Å². The van der Waals surface area contributed by atoms with Crippen LogP contribution in [0, 0.1) is 0 Å². The molecule has 0 aromatic heterocycles. The van der Waals surface area contributed by atoms with Crippen molar-refractivity contribution in [1.82, 2.24) is 9.80 Å². The van der Waals surface area contributed by atoms with Crippen molar-refractivity contribution in [3.8, 4) is 0 Å². The van der Waals surface area contributed by atoms with Crippen molar-refractivity contribution in [2.75, 3.05) is 33.2 Å². The molecule has 0 radical (unpaired) electrons. The summed E-state index contributed by atoms with van der Waals surface area (Å²) in [5.41, 5.74) is 0. The molecule has 0 amide bonds. The molecule has 2 nitrogen and oxygen atoms in total. The maximum atomic E-state index is 2.63. The van der Waals surface area contributed by atoms with E-state index in [1.807, 2.05) is 0 Å². The second-order valence-electron chi connectivity index (χ2n) is 4.99. The summed E-state index contributed by atoms with van der Waals surface area (Å²) < 4.78 is 0. The highest BCUT2D eigenvalue weighted by Crippen LogP contribution is 2.09. The van der Waals surface area contributed by atoms with Gasteiger partial charge in [-0.2, -0.15) is 0 Å². The SMILES string of the molecule is CCC(C)N(C)CCCN1CCCCC1. The lowest BCUT2D eigenvalue weighted by Crippen LogP contribution is -2.34. The highest BCUT2D eigenvalue weighted by atomic mass is 15.1. The molecule has 1 aliphatic rings. The lowest BCUT2D eigenvalue weighted by molar-refractivity contribution is 0.196. The maximum absolute atomic E-state index is 2.63. The van der Waals surface area contributed by atoms with E-state index in [1.54, 1.807) is 0 Å². The molecule has 0 aromatic carbocycles. The number of nitrogens with zero attached hydrogens (tertiary/aromatic N) is 2. The molecule has 1 unspecified atom stereocenters. The average molecular weight is 212 g/mol. The van der Waals surface area contributed by atoms with E-state index >= 15 is 0 Å². The monoisotopic (exact) mass is 212 g/mol. The third kappa shape index (κ3) is 4.98. The minimum atomic E-state index is 0.742. The van der Waals surface area contributed by atoms with Crippen LogP contribution in [0.3, 0.4) is 0 Å². The summed E-state index contributed by atoms with van der Waals surface area (Å²) in [6.07, 6.45) is 6.88. The van der Waals surface area contributed by atoms with Gasteiger partial charge < -0.3 is 9.80 Å². The Morgan fingerprint density at radius 3 is 2.47 bits per heavy atom. The molecule has 1 saturated heterocycles. The number of likely N-dealkylation sites (tertiary alicyclic amines) is 1. The first-order chi connectivity index (χ1) is 7.24. The Morgan fingerprint density at radius 1 is 1.20 bits per heavy atom. The average Bonchev–Trinajstić information content (AvgIpc) is 2.29. The van der Waals surface area contributed by atoms with E-state index in [4.69, 9.17) is 0 Å². The van der Waals surface area contributed by atoms with Crippen LogP contribution in [0.2, 0.25) is 0 Å². The maximum Gasteiger partial charge on any atom is 0.00612 e. The van der Waals surface area contributed by atoms with E-state index < -0.39 is 0 Å². The molecule has 1 fully saturated rings. The van der Waals surface area contributed by atoms with Crippen molar-refractivity contribution < 1.29 is 0 Å². The molecule has 0 aromatic rings. The Balaban J connectivity index is 2.04. The number of hydrogen-bond acceptors (Lipinski definition) is 2. The van der Waals surface area contributed by atoms with Crippen LogP contribution in [0.25, 0.3) is 0 Å². The highest BCUT2D eigenvalue weighted by molar-refractivity contribution is 4.66. The van der Waals surface area contributed by atoms with Gasteiger partial charge in [0.15, 0.2) is 0 Å². The minimum Gasteiger partial charge on any atom is -0.304 e. The van der Waals surface area contributed by atoms with Gasteiger partial charge in [-0.3, -0.25) is 0 Å². The zero-order chi connectivity index (χ0) is 11.1. The first-order valence-corrected chi connectivity index (χ1v) is 6.66. The van der Waals surface area contributed by atoms with Gasteiger partial charge in [0.25, 0.3) is 0 Å². The van der Waals surface area contributed by atoms with Crippen molar-refractivity contribution in [2.45, 2.75) is 52.0 Å². The van der Waals surface area contributed by atoms with Crippen molar-refractivity contribution in [2.24, 2.45) is 0 Å². The highest BCUT2D eigenvalue weighted by Gasteiger charge is 2.10. The quantitative estimate of drug-likeness (QED) is 0.668. The van der Waals surface area contributed by atoms with Crippen LogP contribution in [0.5, 0.6) is 0 Å². The summed E-state index contributed by atoms with van der Waals surface area (Å²) in [6.45, 7) is 9.83. The lowest BCUT2D eigenvalue weighted by atomic mass is 10.1. The summed E-state index contributed by atoms with van der Waals surface area (Å²) in [6, 6.07) is 0.742. The van der Waals surface area contributed by atoms with Crippen LogP contribution in [0.4, 0.5) is 0 Å². The normalized spacial score (nSPS) is 20.8. The van der Waals surface area contributed by atoms with E-state index in [9.17, 15) is 0 Å². The molecule has 1 rings (SSSR count). The van der Waals surface area contributed by atoms with Crippen molar-refractivity contribution >= 4 is 0 Å². The van der Waals surface area contributed by atoms with Gasteiger partial charge in [-0.25, -0.2) is 0 Å². The second kappa shape index (κ2) is 7.24. The van der Waals surface area contributed by atoms with E-state index in [0.717, 1.165) is 6.04 Å². The smallest absolute Gasteiger partial charge is 0.00612 e. The molecule has 1 heterocycles. The molecule has 0 saturated carbocycles. The lowest BCUT2D eigenvalue weighted by Gasteiger charge is -2.28. The van der Waals surface area contributed by atoms with Crippen molar-refractivity contribution in [1.29, 1.82) is 0 Å². The van der Waals surface area contributed by atoms with Gasteiger partial charge in [-0.15, -0.1) is 0 Å². The van der Waals surface area contributed by atoms with Gasteiger partial charge in [0.05, 0.1) is 0 Å². The van der Waals surface area contributed by atoms with E-state index in [-0.39, 0.29) is 0 Å². The molecule has 1 atom stereocenters. The molecule has 0 aliphatic carbocycles. The van der Waals surface area contributed by atoms with E-state index in [0.29, 0.717) is 0 Å². The number of hydrogen-bond donors (Lipinski definition) is 0. The topological polar surface area (TPSA) is 6.48 Å². The van der Waals surface area contributed by atoms with Gasteiger partial charge in [0.1, 0.15) is 0 Å². The molecule has 0 N–H and O–H groups in total. The third-order valence-electron chi connectivity index (χ3n) is 3.78. The van der Waals surface area contributed by atoms with Gasteiger partial charge in [-0.1, -0.05) is 13.3 Å².